The van der Waals surface area contributed by atoms with Crippen LogP contribution in [-0.2, 0) is 0 Å². The Bertz CT molecular complexity index is 781. The number of carbonyl (C=O) groups excluding carboxylic acids is 1. The molecule has 3 aromatic rings. The van der Waals surface area contributed by atoms with Crippen molar-refractivity contribution in [3.05, 3.63) is 34.5 Å². The van der Waals surface area contributed by atoms with Gasteiger partial charge in [0.25, 0.3) is 0 Å². The molecule has 1 aromatic carbocycles. The standard InChI is InChI=1S/C13H9BrN2O3S/c1-18-7-2-3-10-11(5-7)16-13(15-10)20-12-9(14)4-8(6-17)19-12/h2-6H,1H3,(H,15,16). The van der Waals surface area contributed by atoms with Crippen molar-refractivity contribution in [1.29, 1.82) is 0 Å². The van der Waals surface area contributed by atoms with Crippen LogP contribution in [-0.4, -0.2) is 23.4 Å². The molecule has 0 aliphatic heterocycles. The van der Waals surface area contributed by atoms with Gasteiger partial charge in [0, 0.05) is 12.1 Å². The number of aldehydes is 1. The molecule has 0 bridgehead atoms. The van der Waals surface area contributed by atoms with Crippen LogP contribution in [0.4, 0.5) is 0 Å². The SMILES string of the molecule is COc1ccc2nc(Sc3oc(C=O)cc3Br)[nH]c2c1. The monoisotopic (exact) mass is 352 g/mol. The lowest BCUT2D eigenvalue weighted by molar-refractivity contribution is 0.109. The Morgan fingerprint density at radius 2 is 2.30 bits per heavy atom. The van der Waals surface area contributed by atoms with Gasteiger partial charge in [0.2, 0.25) is 0 Å². The first-order valence-corrected chi connectivity index (χ1v) is 7.26. The van der Waals surface area contributed by atoms with E-state index in [2.05, 4.69) is 25.9 Å². The molecule has 1 N–H and O–H groups in total. The number of H-pyrrole nitrogens is 1. The van der Waals surface area contributed by atoms with Gasteiger partial charge in [-0.3, -0.25) is 4.79 Å². The summed E-state index contributed by atoms with van der Waals surface area (Å²) in [5.74, 6) is 1.04. The molecule has 0 amide bonds. The predicted octanol–water partition coefficient (Wildman–Crippen LogP) is 3.89. The Morgan fingerprint density at radius 3 is 3.00 bits per heavy atom. The number of furan rings is 1. The van der Waals surface area contributed by atoms with Crippen LogP contribution in [0, 0.1) is 0 Å². The molecule has 7 heteroatoms. The van der Waals surface area contributed by atoms with E-state index in [9.17, 15) is 4.79 Å². The smallest absolute Gasteiger partial charge is 0.185 e. The molecule has 0 atom stereocenters. The number of benzene rings is 1. The first-order valence-electron chi connectivity index (χ1n) is 5.65. The Labute approximate surface area is 126 Å². The number of hydrogen-bond acceptors (Lipinski definition) is 5. The van der Waals surface area contributed by atoms with Gasteiger partial charge in [0.05, 0.1) is 22.6 Å². The quantitative estimate of drug-likeness (QED) is 0.721. The predicted molar refractivity (Wildman–Crippen MR) is 78.6 cm³/mol. The van der Waals surface area contributed by atoms with Crippen LogP contribution in [0.15, 0.2) is 43.4 Å². The average Bonchev–Trinajstić information content (AvgIpc) is 3.01. The third-order valence-electron chi connectivity index (χ3n) is 2.65. The molecule has 0 saturated heterocycles. The zero-order chi connectivity index (χ0) is 14.1. The molecule has 0 unspecified atom stereocenters. The first kappa shape index (κ1) is 13.3. The van der Waals surface area contributed by atoms with Gasteiger partial charge in [-0.25, -0.2) is 4.98 Å². The molecule has 0 saturated carbocycles. The molecule has 5 nitrogen and oxygen atoms in total. The number of hydrogen-bond donors (Lipinski definition) is 1. The molecule has 102 valence electrons. The number of nitrogens with one attached hydrogen (secondary N) is 1. The summed E-state index contributed by atoms with van der Waals surface area (Å²) in [5.41, 5.74) is 1.72. The minimum absolute atomic E-state index is 0.275. The lowest BCUT2D eigenvalue weighted by Crippen LogP contribution is -1.81. The lowest BCUT2D eigenvalue weighted by atomic mass is 10.3. The Hall–Kier alpha value is -1.73. The number of aromatic nitrogens is 2. The fourth-order valence-electron chi connectivity index (χ4n) is 1.73. The highest BCUT2D eigenvalue weighted by atomic mass is 79.9. The molecule has 0 radical (unpaired) electrons. The minimum atomic E-state index is 0.275. The van der Waals surface area contributed by atoms with Crippen molar-refractivity contribution in [3.63, 3.8) is 0 Å². The van der Waals surface area contributed by atoms with Crippen molar-refractivity contribution in [2.75, 3.05) is 7.11 Å². The third-order valence-corrected chi connectivity index (χ3v) is 4.37. The van der Waals surface area contributed by atoms with Crippen molar-refractivity contribution in [2.45, 2.75) is 10.2 Å². The second-order valence-electron chi connectivity index (χ2n) is 3.93. The van der Waals surface area contributed by atoms with Crippen molar-refractivity contribution in [3.8, 4) is 5.75 Å². The number of imidazole rings is 1. The summed E-state index contributed by atoms with van der Waals surface area (Å²) in [7, 11) is 1.62. The molecule has 3 rings (SSSR count). The van der Waals surface area contributed by atoms with Crippen molar-refractivity contribution < 1.29 is 13.9 Å². The molecule has 0 spiro atoms. The summed E-state index contributed by atoms with van der Waals surface area (Å²) in [6, 6.07) is 7.23. The van der Waals surface area contributed by atoms with Gasteiger partial charge in [-0.2, -0.15) is 0 Å². The highest BCUT2D eigenvalue weighted by molar-refractivity contribution is 9.10. The van der Waals surface area contributed by atoms with E-state index >= 15 is 0 Å². The number of nitrogens with zero attached hydrogens (tertiary/aromatic N) is 1. The van der Waals surface area contributed by atoms with E-state index in [-0.39, 0.29) is 5.76 Å². The maximum absolute atomic E-state index is 10.7. The van der Waals surface area contributed by atoms with Gasteiger partial charge in [0.1, 0.15) is 5.75 Å². The molecule has 20 heavy (non-hydrogen) atoms. The van der Waals surface area contributed by atoms with E-state index in [1.807, 2.05) is 18.2 Å². The summed E-state index contributed by atoms with van der Waals surface area (Å²) in [4.78, 5) is 18.3. The largest absolute Gasteiger partial charge is 0.497 e. The maximum atomic E-state index is 10.7. The number of methoxy groups -OCH3 is 1. The van der Waals surface area contributed by atoms with Gasteiger partial charge in [0.15, 0.2) is 22.3 Å². The van der Waals surface area contributed by atoms with Gasteiger partial charge < -0.3 is 14.1 Å². The van der Waals surface area contributed by atoms with Crippen LogP contribution in [0.3, 0.4) is 0 Å². The normalized spacial score (nSPS) is 10.9. The number of halogens is 1. The highest BCUT2D eigenvalue weighted by Crippen LogP contribution is 2.35. The van der Waals surface area contributed by atoms with Crippen LogP contribution >= 0.6 is 27.7 Å². The van der Waals surface area contributed by atoms with E-state index in [0.717, 1.165) is 21.3 Å². The lowest BCUT2D eigenvalue weighted by Gasteiger charge is -1.96. The van der Waals surface area contributed by atoms with Gasteiger partial charge in [-0.05, 0) is 39.8 Å². The zero-order valence-corrected chi connectivity index (χ0v) is 12.7. The molecule has 0 aliphatic carbocycles. The summed E-state index contributed by atoms with van der Waals surface area (Å²) >= 11 is 4.66. The first-order chi connectivity index (χ1) is 9.69. The van der Waals surface area contributed by atoms with Crippen molar-refractivity contribution in [1.82, 2.24) is 9.97 Å². The summed E-state index contributed by atoms with van der Waals surface area (Å²) in [5, 5.41) is 1.26. The van der Waals surface area contributed by atoms with E-state index in [1.165, 1.54) is 11.8 Å². The number of ether oxygens (including phenoxy) is 1. The van der Waals surface area contributed by atoms with E-state index < -0.39 is 0 Å². The van der Waals surface area contributed by atoms with Crippen molar-refractivity contribution >= 4 is 45.0 Å². The van der Waals surface area contributed by atoms with E-state index in [0.29, 0.717) is 16.5 Å². The van der Waals surface area contributed by atoms with Gasteiger partial charge in [-0.1, -0.05) is 0 Å². The Morgan fingerprint density at radius 1 is 1.45 bits per heavy atom. The fraction of sp³-hybridized carbons (Fsp3) is 0.0769. The number of aromatic amines is 1. The van der Waals surface area contributed by atoms with E-state index in [1.54, 1.807) is 13.2 Å². The van der Waals surface area contributed by atoms with Crippen molar-refractivity contribution in [2.24, 2.45) is 0 Å². The summed E-state index contributed by atoms with van der Waals surface area (Å²) < 4.78 is 11.3. The third kappa shape index (κ3) is 2.46. The molecular formula is C13H9BrN2O3S. The molecule has 0 fully saturated rings. The molecular weight excluding hydrogens is 344 g/mol. The van der Waals surface area contributed by atoms with Crippen LogP contribution in [0.25, 0.3) is 11.0 Å². The molecule has 2 heterocycles. The molecule has 0 aliphatic rings. The zero-order valence-electron chi connectivity index (χ0n) is 10.3. The Balaban J connectivity index is 1.93. The second-order valence-corrected chi connectivity index (χ2v) is 5.75. The molecule has 2 aromatic heterocycles. The van der Waals surface area contributed by atoms with Crippen LogP contribution in [0.1, 0.15) is 10.6 Å². The summed E-state index contributed by atoms with van der Waals surface area (Å²) in [6.45, 7) is 0. The maximum Gasteiger partial charge on any atom is 0.185 e. The highest BCUT2D eigenvalue weighted by Gasteiger charge is 2.13. The number of rotatable bonds is 4. The van der Waals surface area contributed by atoms with E-state index in [4.69, 9.17) is 9.15 Å². The Kier molecular flexibility index (Phi) is 3.54. The number of fused-ring (bicyclic) bond motifs is 1. The fourth-order valence-corrected chi connectivity index (χ4v) is 3.05. The number of carbonyl (C=O) groups is 1. The second kappa shape index (κ2) is 5.34. The van der Waals surface area contributed by atoms with Gasteiger partial charge in [-0.15, -0.1) is 0 Å². The van der Waals surface area contributed by atoms with Crippen LogP contribution in [0.2, 0.25) is 0 Å². The average molecular weight is 353 g/mol. The minimum Gasteiger partial charge on any atom is -0.497 e. The van der Waals surface area contributed by atoms with Gasteiger partial charge >= 0.3 is 0 Å². The summed E-state index contributed by atoms with van der Waals surface area (Å²) in [6.07, 6.45) is 0.665. The van der Waals surface area contributed by atoms with Crippen LogP contribution in [0.5, 0.6) is 5.75 Å². The van der Waals surface area contributed by atoms with Crippen LogP contribution < -0.4 is 4.74 Å². The topological polar surface area (TPSA) is 68.1 Å².